The fraction of sp³-hybridized carbons (Fsp3) is 0.100. The minimum Gasteiger partial charge on any atom is -0.478 e. The maximum absolute atomic E-state index is 13.1. The van der Waals surface area contributed by atoms with Crippen LogP contribution in [0.5, 0.6) is 0 Å². The van der Waals surface area contributed by atoms with E-state index in [-0.39, 0.29) is 17.9 Å². The van der Waals surface area contributed by atoms with Crippen molar-refractivity contribution in [3.63, 3.8) is 0 Å². The van der Waals surface area contributed by atoms with Crippen molar-refractivity contribution in [1.82, 2.24) is 9.97 Å². The zero-order valence-electron chi connectivity index (χ0n) is 14.6. The molecule has 0 radical (unpaired) electrons. The van der Waals surface area contributed by atoms with Gasteiger partial charge in [0.2, 0.25) is 5.91 Å². The Hall–Kier alpha value is -3.75. The van der Waals surface area contributed by atoms with Crippen LogP contribution in [0.1, 0.15) is 21.5 Å². The van der Waals surface area contributed by atoms with Gasteiger partial charge in [0.1, 0.15) is 5.82 Å². The van der Waals surface area contributed by atoms with Crippen molar-refractivity contribution in [2.75, 3.05) is 4.90 Å². The largest absolute Gasteiger partial charge is 0.478 e. The summed E-state index contributed by atoms with van der Waals surface area (Å²) in [6.45, 7) is 0. The number of carbonyl (C=O) groups excluding carboxylic acids is 1. The SMILES string of the molecule is O=C(O)c1cc(-c2ccnc3c2CC(=O)N3c2cccnc2)ccc1C(F)(F)F. The predicted octanol–water partition coefficient (Wildman–Crippen LogP) is 4.08. The van der Waals surface area contributed by atoms with E-state index in [9.17, 15) is 27.9 Å². The van der Waals surface area contributed by atoms with Gasteiger partial charge in [-0.3, -0.25) is 14.7 Å². The van der Waals surface area contributed by atoms with Gasteiger partial charge >= 0.3 is 12.1 Å². The van der Waals surface area contributed by atoms with Crippen molar-refractivity contribution < 1.29 is 27.9 Å². The van der Waals surface area contributed by atoms with Crippen molar-refractivity contribution in [3.05, 3.63) is 71.7 Å². The molecule has 1 aromatic carbocycles. The molecule has 1 aliphatic rings. The molecule has 0 bridgehead atoms. The first-order chi connectivity index (χ1) is 13.8. The number of aromatic nitrogens is 2. The number of nitrogens with zero attached hydrogens (tertiary/aromatic N) is 3. The Labute approximate surface area is 162 Å². The summed E-state index contributed by atoms with van der Waals surface area (Å²) in [7, 11) is 0. The second kappa shape index (κ2) is 6.69. The molecule has 29 heavy (non-hydrogen) atoms. The lowest BCUT2D eigenvalue weighted by atomic mass is 9.95. The van der Waals surface area contributed by atoms with Gasteiger partial charge in [0.05, 0.1) is 29.4 Å². The van der Waals surface area contributed by atoms with Gasteiger partial charge in [-0.2, -0.15) is 13.2 Å². The molecule has 1 amide bonds. The highest BCUT2D eigenvalue weighted by Crippen LogP contribution is 2.40. The first kappa shape index (κ1) is 18.6. The fourth-order valence-electron chi connectivity index (χ4n) is 3.36. The lowest BCUT2D eigenvalue weighted by Crippen LogP contribution is -2.21. The van der Waals surface area contributed by atoms with E-state index in [1.54, 1.807) is 24.4 Å². The summed E-state index contributed by atoms with van der Waals surface area (Å²) in [4.78, 5) is 33.6. The number of anilines is 2. The van der Waals surface area contributed by atoms with E-state index in [4.69, 9.17) is 0 Å². The average Bonchev–Trinajstić information content (AvgIpc) is 3.03. The van der Waals surface area contributed by atoms with Crippen molar-refractivity contribution in [1.29, 1.82) is 0 Å². The molecule has 0 atom stereocenters. The maximum atomic E-state index is 13.1. The van der Waals surface area contributed by atoms with Crippen LogP contribution in [-0.2, 0) is 17.4 Å². The molecule has 3 heterocycles. The smallest absolute Gasteiger partial charge is 0.417 e. The highest BCUT2D eigenvalue weighted by atomic mass is 19.4. The molecule has 4 rings (SSSR count). The molecule has 6 nitrogen and oxygen atoms in total. The molecule has 3 aromatic rings. The average molecular weight is 399 g/mol. The summed E-state index contributed by atoms with van der Waals surface area (Å²) in [5, 5.41) is 9.24. The predicted molar refractivity (Wildman–Crippen MR) is 96.7 cm³/mol. The van der Waals surface area contributed by atoms with Crippen LogP contribution >= 0.6 is 0 Å². The van der Waals surface area contributed by atoms with Crippen LogP contribution in [0.4, 0.5) is 24.7 Å². The minimum atomic E-state index is -4.79. The molecule has 0 spiro atoms. The number of hydrogen-bond acceptors (Lipinski definition) is 4. The van der Waals surface area contributed by atoms with Gasteiger partial charge in [-0.25, -0.2) is 9.78 Å². The number of rotatable bonds is 3. The molecule has 2 aromatic heterocycles. The van der Waals surface area contributed by atoms with Crippen LogP contribution in [-0.4, -0.2) is 27.0 Å². The number of benzene rings is 1. The van der Waals surface area contributed by atoms with E-state index in [0.717, 1.165) is 12.1 Å². The van der Waals surface area contributed by atoms with Gasteiger partial charge in [0.25, 0.3) is 0 Å². The summed E-state index contributed by atoms with van der Waals surface area (Å²) >= 11 is 0. The Balaban J connectivity index is 1.85. The summed E-state index contributed by atoms with van der Waals surface area (Å²) in [5.74, 6) is -1.60. The number of carbonyl (C=O) groups is 2. The third-order valence-electron chi connectivity index (χ3n) is 4.59. The number of aromatic carboxylic acids is 1. The first-order valence-corrected chi connectivity index (χ1v) is 8.43. The quantitative estimate of drug-likeness (QED) is 0.718. The molecule has 146 valence electrons. The fourth-order valence-corrected chi connectivity index (χ4v) is 3.36. The third-order valence-corrected chi connectivity index (χ3v) is 4.59. The second-order valence-electron chi connectivity index (χ2n) is 6.34. The van der Waals surface area contributed by atoms with Crippen LogP contribution in [0.3, 0.4) is 0 Å². The Morgan fingerprint density at radius 2 is 1.93 bits per heavy atom. The van der Waals surface area contributed by atoms with Crippen LogP contribution in [0, 0.1) is 0 Å². The molecule has 0 saturated heterocycles. The van der Waals surface area contributed by atoms with Gasteiger partial charge in [-0.05, 0) is 41.5 Å². The number of halogens is 3. The number of carboxylic acid groups (broad SMARTS) is 1. The maximum Gasteiger partial charge on any atom is 0.417 e. The summed E-state index contributed by atoms with van der Waals surface area (Å²) in [6, 6.07) is 7.81. The van der Waals surface area contributed by atoms with Gasteiger partial charge in [0.15, 0.2) is 0 Å². The molecule has 1 N–H and O–H groups in total. The number of pyridine rings is 2. The van der Waals surface area contributed by atoms with E-state index in [1.165, 1.54) is 23.4 Å². The van der Waals surface area contributed by atoms with E-state index in [2.05, 4.69) is 9.97 Å². The Kier molecular flexibility index (Phi) is 4.30. The van der Waals surface area contributed by atoms with Crippen LogP contribution < -0.4 is 4.90 Å². The van der Waals surface area contributed by atoms with Gasteiger partial charge < -0.3 is 5.11 Å². The molecular weight excluding hydrogens is 387 g/mol. The third kappa shape index (κ3) is 3.20. The summed E-state index contributed by atoms with van der Waals surface area (Å²) in [5.41, 5.74) is -0.348. The highest BCUT2D eigenvalue weighted by molar-refractivity contribution is 6.08. The molecule has 0 unspecified atom stereocenters. The molecule has 1 aliphatic heterocycles. The monoisotopic (exact) mass is 399 g/mol. The summed E-state index contributed by atoms with van der Waals surface area (Å²) < 4.78 is 39.4. The van der Waals surface area contributed by atoms with Crippen LogP contribution in [0.25, 0.3) is 11.1 Å². The highest BCUT2D eigenvalue weighted by Gasteiger charge is 2.36. The van der Waals surface area contributed by atoms with Gasteiger partial charge in [-0.15, -0.1) is 0 Å². The Bertz CT molecular complexity index is 1130. The van der Waals surface area contributed by atoms with Crippen LogP contribution in [0.2, 0.25) is 0 Å². The zero-order chi connectivity index (χ0) is 20.8. The zero-order valence-corrected chi connectivity index (χ0v) is 14.6. The van der Waals surface area contributed by atoms with E-state index >= 15 is 0 Å². The number of alkyl halides is 3. The normalized spacial score (nSPS) is 13.5. The first-order valence-electron chi connectivity index (χ1n) is 8.43. The van der Waals surface area contributed by atoms with E-state index in [1.807, 2.05) is 0 Å². The topological polar surface area (TPSA) is 83.4 Å². The molecule has 0 saturated carbocycles. The molecule has 0 aliphatic carbocycles. The summed E-state index contributed by atoms with van der Waals surface area (Å²) in [6.07, 6.45) is -0.322. The Morgan fingerprint density at radius 1 is 1.14 bits per heavy atom. The lowest BCUT2D eigenvalue weighted by Gasteiger charge is -2.16. The minimum absolute atomic E-state index is 0.0170. The number of hydrogen-bond donors (Lipinski definition) is 1. The van der Waals surface area contributed by atoms with Gasteiger partial charge in [-0.1, -0.05) is 6.07 Å². The van der Waals surface area contributed by atoms with Crippen molar-refractivity contribution in [2.24, 2.45) is 0 Å². The van der Waals surface area contributed by atoms with Crippen LogP contribution in [0.15, 0.2) is 55.0 Å². The molecule has 9 heteroatoms. The van der Waals surface area contributed by atoms with E-state index < -0.39 is 23.3 Å². The molecular formula is C20H12F3N3O3. The second-order valence-corrected chi connectivity index (χ2v) is 6.34. The van der Waals surface area contributed by atoms with E-state index in [0.29, 0.717) is 22.6 Å². The van der Waals surface area contributed by atoms with Gasteiger partial charge in [0, 0.05) is 18.0 Å². The van der Waals surface area contributed by atoms with Crippen molar-refractivity contribution >= 4 is 23.4 Å². The standard InChI is InChI=1S/C20H12F3N3O3/c21-20(22,23)16-4-3-11(8-15(16)19(28)29)13-5-7-25-18-14(13)9-17(27)26(18)12-2-1-6-24-10-12/h1-8,10H,9H2,(H,28,29). The number of fused-ring (bicyclic) bond motifs is 1. The van der Waals surface area contributed by atoms with Crippen molar-refractivity contribution in [2.45, 2.75) is 12.6 Å². The van der Waals surface area contributed by atoms with Crippen molar-refractivity contribution in [3.8, 4) is 11.1 Å². The number of amides is 1. The lowest BCUT2D eigenvalue weighted by molar-refractivity contribution is -0.138. The molecule has 0 fully saturated rings. The Morgan fingerprint density at radius 3 is 2.59 bits per heavy atom. The number of carboxylic acids is 1.